The van der Waals surface area contributed by atoms with Crippen LogP contribution in [0.3, 0.4) is 0 Å². The summed E-state index contributed by atoms with van der Waals surface area (Å²) in [6, 6.07) is 11.4. The fraction of sp³-hybridized carbons (Fsp3) is 0.176. The minimum Gasteiger partial charge on any atom is -0.486 e. The molecule has 3 rings (SSSR count). The van der Waals surface area contributed by atoms with Crippen molar-refractivity contribution >= 4 is 17.6 Å². The number of carbonyl (C=O) groups is 2. The lowest BCUT2D eigenvalue weighted by molar-refractivity contribution is 0.0950. The first-order chi connectivity index (χ1) is 11.6. The predicted octanol–water partition coefficient (Wildman–Crippen LogP) is 1.88. The van der Waals surface area contributed by atoms with Crippen molar-refractivity contribution in [1.82, 2.24) is 5.32 Å². The quantitative estimate of drug-likeness (QED) is 0.797. The molecule has 1 heterocycles. The minimum absolute atomic E-state index is 0.252. The number of fused-ring (bicyclic) bond motifs is 1. The minimum atomic E-state index is -0.677. The Hall–Kier alpha value is -3.22. The van der Waals surface area contributed by atoms with Crippen LogP contribution >= 0.6 is 0 Å². The fourth-order valence-corrected chi connectivity index (χ4v) is 2.36. The molecule has 0 radical (unpaired) electrons. The molecule has 0 aliphatic carbocycles. The molecular weight excluding hydrogens is 310 g/mol. The van der Waals surface area contributed by atoms with E-state index in [1.807, 2.05) is 18.2 Å². The van der Waals surface area contributed by atoms with Gasteiger partial charge in [-0.05, 0) is 35.9 Å². The lowest BCUT2D eigenvalue weighted by Gasteiger charge is -2.19. The second-order valence-electron chi connectivity index (χ2n) is 5.23. The van der Waals surface area contributed by atoms with Gasteiger partial charge >= 0.3 is 6.03 Å². The molecule has 1 aliphatic heterocycles. The lowest BCUT2D eigenvalue weighted by atomic mass is 10.1. The van der Waals surface area contributed by atoms with Crippen LogP contribution in [0.5, 0.6) is 11.5 Å². The average Bonchev–Trinajstić information content (AvgIpc) is 2.59. The lowest BCUT2D eigenvalue weighted by Crippen LogP contribution is -2.24. The largest absolute Gasteiger partial charge is 0.486 e. The third-order valence-corrected chi connectivity index (χ3v) is 3.45. The summed E-state index contributed by atoms with van der Waals surface area (Å²) in [5.74, 6) is 1.14. The molecule has 2 aromatic rings. The van der Waals surface area contributed by atoms with Crippen molar-refractivity contribution in [3.05, 3.63) is 53.6 Å². The number of benzene rings is 2. The van der Waals surface area contributed by atoms with Crippen molar-refractivity contribution in [3.8, 4) is 11.5 Å². The molecule has 0 aromatic heterocycles. The molecule has 0 unspecified atom stereocenters. The SMILES string of the molecule is NC(=O)Nc1cccc(C(=O)NCc2ccc3c(c2)OCCO3)c1. The molecule has 0 fully saturated rings. The molecule has 1 aliphatic rings. The number of anilines is 1. The standard InChI is InChI=1S/C17H17N3O4/c18-17(22)20-13-3-1-2-12(9-13)16(21)19-10-11-4-5-14-15(8-11)24-7-6-23-14/h1-5,8-9H,6-7,10H2,(H,19,21)(H3,18,20,22). The van der Waals surface area contributed by atoms with Crippen molar-refractivity contribution in [2.45, 2.75) is 6.54 Å². The van der Waals surface area contributed by atoms with Crippen molar-refractivity contribution in [1.29, 1.82) is 0 Å². The average molecular weight is 327 g/mol. The van der Waals surface area contributed by atoms with Gasteiger partial charge in [-0.15, -0.1) is 0 Å². The molecule has 7 nitrogen and oxygen atoms in total. The van der Waals surface area contributed by atoms with Crippen molar-refractivity contribution in [2.24, 2.45) is 5.73 Å². The second kappa shape index (κ2) is 6.91. The third-order valence-electron chi connectivity index (χ3n) is 3.45. The second-order valence-corrected chi connectivity index (χ2v) is 5.23. The van der Waals surface area contributed by atoms with Crippen molar-refractivity contribution in [2.75, 3.05) is 18.5 Å². The summed E-state index contributed by atoms with van der Waals surface area (Å²) in [7, 11) is 0. The number of amides is 3. The van der Waals surface area contributed by atoms with Crippen molar-refractivity contribution < 1.29 is 19.1 Å². The summed E-state index contributed by atoms with van der Waals surface area (Å²) in [6.07, 6.45) is 0. The zero-order chi connectivity index (χ0) is 16.9. The van der Waals surface area contributed by atoms with E-state index in [0.717, 1.165) is 5.56 Å². The van der Waals surface area contributed by atoms with Gasteiger partial charge in [0.15, 0.2) is 11.5 Å². The van der Waals surface area contributed by atoms with E-state index in [9.17, 15) is 9.59 Å². The van der Waals surface area contributed by atoms with Gasteiger partial charge in [-0.2, -0.15) is 0 Å². The maximum absolute atomic E-state index is 12.2. The highest BCUT2D eigenvalue weighted by atomic mass is 16.6. The molecule has 2 aromatic carbocycles. The van der Waals surface area contributed by atoms with Gasteiger partial charge in [-0.25, -0.2) is 4.79 Å². The number of nitrogens with one attached hydrogen (secondary N) is 2. The summed E-state index contributed by atoms with van der Waals surface area (Å²) in [4.78, 5) is 23.1. The van der Waals surface area contributed by atoms with Crippen molar-refractivity contribution in [3.63, 3.8) is 0 Å². The molecule has 0 saturated carbocycles. The van der Waals surface area contributed by atoms with E-state index < -0.39 is 6.03 Å². The van der Waals surface area contributed by atoms with Gasteiger partial charge < -0.3 is 25.8 Å². The first-order valence-electron chi connectivity index (χ1n) is 7.45. The van der Waals surface area contributed by atoms with Crippen LogP contribution in [0.25, 0.3) is 0 Å². The Morgan fingerprint density at radius 3 is 2.62 bits per heavy atom. The maximum Gasteiger partial charge on any atom is 0.316 e. The van der Waals surface area contributed by atoms with Gasteiger partial charge in [0.1, 0.15) is 13.2 Å². The highest BCUT2D eigenvalue weighted by Crippen LogP contribution is 2.30. The van der Waals surface area contributed by atoms with Gasteiger partial charge in [0, 0.05) is 17.8 Å². The fourth-order valence-electron chi connectivity index (χ4n) is 2.36. The van der Waals surface area contributed by atoms with E-state index in [1.165, 1.54) is 0 Å². The Morgan fingerprint density at radius 2 is 1.83 bits per heavy atom. The van der Waals surface area contributed by atoms with Crippen LogP contribution < -0.4 is 25.8 Å². The normalized spacial score (nSPS) is 12.3. The summed E-state index contributed by atoms with van der Waals surface area (Å²) in [6.45, 7) is 1.41. The first-order valence-corrected chi connectivity index (χ1v) is 7.45. The molecule has 24 heavy (non-hydrogen) atoms. The first kappa shape index (κ1) is 15.7. The predicted molar refractivity (Wildman–Crippen MR) is 88.3 cm³/mol. The molecule has 7 heteroatoms. The van der Waals surface area contributed by atoms with E-state index in [-0.39, 0.29) is 5.91 Å². The molecule has 0 bridgehead atoms. The summed E-state index contributed by atoms with van der Waals surface area (Å²) in [5.41, 5.74) is 6.87. The zero-order valence-electron chi connectivity index (χ0n) is 12.9. The Bertz CT molecular complexity index is 776. The molecule has 124 valence electrons. The molecule has 0 atom stereocenters. The van der Waals surface area contributed by atoms with Crippen LogP contribution in [-0.2, 0) is 6.54 Å². The Kier molecular flexibility index (Phi) is 4.51. The van der Waals surface area contributed by atoms with Crippen LogP contribution in [0.15, 0.2) is 42.5 Å². The number of ether oxygens (including phenoxy) is 2. The smallest absolute Gasteiger partial charge is 0.316 e. The summed E-state index contributed by atoms with van der Waals surface area (Å²) in [5, 5.41) is 5.26. The van der Waals surface area contributed by atoms with E-state index >= 15 is 0 Å². The van der Waals surface area contributed by atoms with E-state index in [4.69, 9.17) is 15.2 Å². The third kappa shape index (κ3) is 3.75. The molecule has 4 N–H and O–H groups in total. The Balaban J connectivity index is 1.64. The van der Waals surface area contributed by atoms with Gasteiger partial charge in [0.25, 0.3) is 5.91 Å². The Labute approximate surface area is 138 Å². The molecule has 0 spiro atoms. The van der Waals surface area contributed by atoms with Gasteiger partial charge in [-0.1, -0.05) is 12.1 Å². The number of nitrogens with two attached hydrogens (primary N) is 1. The number of primary amides is 1. The van der Waals surface area contributed by atoms with E-state index in [0.29, 0.717) is 42.5 Å². The van der Waals surface area contributed by atoms with Gasteiger partial charge in [0.05, 0.1) is 0 Å². The van der Waals surface area contributed by atoms with E-state index in [1.54, 1.807) is 24.3 Å². The molecule has 0 saturated heterocycles. The number of hydrogen-bond acceptors (Lipinski definition) is 4. The Morgan fingerprint density at radius 1 is 1.04 bits per heavy atom. The molecular formula is C17H17N3O4. The van der Waals surface area contributed by atoms with Crippen LogP contribution in [0.4, 0.5) is 10.5 Å². The topological polar surface area (TPSA) is 103 Å². The number of hydrogen-bond donors (Lipinski definition) is 3. The van der Waals surface area contributed by atoms with E-state index in [2.05, 4.69) is 10.6 Å². The summed E-state index contributed by atoms with van der Waals surface area (Å²) < 4.78 is 11.0. The zero-order valence-corrected chi connectivity index (χ0v) is 12.9. The summed E-state index contributed by atoms with van der Waals surface area (Å²) >= 11 is 0. The number of urea groups is 1. The number of rotatable bonds is 4. The van der Waals surface area contributed by atoms with Crippen LogP contribution in [-0.4, -0.2) is 25.2 Å². The van der Waals surface area contributed by atoms with Gasteiger partial charge in [-0.3, -0.25) is 4.79 Å². The van der Waals surface area contributed by atoms with Crippen LogP contribution in [0.1, 0.15) is 15.9 Å². The molecule has 3 amide bonds. The van der Waals surface area contributed by atoms with Gasteiger partial charge in [0.2, 0.25) is 0 Å². The van der Waals surface area contributed by atoms with Crippen LogP contribution in [0.2, 0.25) is 0 Å². The highest BCUT2D eigenvalue weighted by Gasteiger charge is 2.12. The maximum atomic E-state index is 12.2. The number of carbonyl (C=O) groups excluding carboxylic acids is 2. The highest BCUT2D eigenvalue weighted by molar-refractivity contribution is 5.96. The van der Waals surface area contributed by atoms with Crippen LogP contribution in [0, 0.1) is 0 Å². The monoisotopic (exact) mass is 327 g/mol.